The molecule has 0 spiro atoms. The summed E-state index contributed by atoms with van der Waals surface area (Å²) >= 11 is 6.85. The van der Waals surface area contributed by atoms with Gasteiger partial charge in [-0.3, -0.25) is 19.7 Å². The Morgan fingerprint density at radius 3 is 2.55 bits per heavy atom. The molecule has 0 bridgehead atoms. The Labute approximate surface area is 197 Å². The van der Waals surface area contributed by atoms with Gasteiger partial charge >= 0.3 is 5.97 Å². The van der Waals surface area contributed by atoms with Crippen LogP contribution in [0.3, 0.4) is 0 Å². The number of rotatable bonds is 8. The van der Waals surface area contributed by atoms with Crippen molar-refractivity contribution in [3.05, 3.63) is 62.4 Å². The number of hydrogen-bond acceptors (Lipinski definition) is 8. The number of hydrogen-bond donors (Lipinski definition) is 0. The van der Waals surface area contributed by atoms with Gasteiger partial charge in [0.1, 0.15) is 6.54 Å². The maximum atomic E-state index is 12.4. The first-order valence-electron chi connectivity index (χ1n) is 9.51. The summed E-state index contributed by atoms with van der Waals surface area (Å²) < 4.78 is 31.4. The number of amides is 1. The molecule has 0 saturated carbocycles. The molecule has 3 aromatic rings. The standard InChI is InChI=1S/C20H18ClN3O7S2/c1-31-19(26)12-23-16-11-14(24(27)28)6-9-17(16)32-20(23)22-18(25)3-2-10-33(29,30)15-7-4-13(21)5-8-15/h4-9,11H,2-3,10,12H2,1H3. The summed E-state index contributed by atoms with van der Waals surface area (Å²) in [5.74, 6) is -1.46. The van der Waals surface area contributed by atoms with Crippen LogP contribution < -0.4 is 4.80 Å². The monoisotopic (exact) mass is 511 g/mol. The predicted molar refractivity (Wildman–Crippen MR) is 122 cm³/mol. The normalized spacial score (nSPS) is 12.1. The van der Waals surface area contributed by atoms with Gasteiger partial charge in [-0.05, 0) is 36.8 Å². The van der Waals surface area contributed by atoms with Gasteiger partial charge in [0.25, 0.3) is 5.69 Å². The van der Waals surface area contributed by atoms with Crippen LogP contribution in [0.1, 0.15) is 12.8 Å². The summed E-state index contributed by atoms with van der Waals surface area (Å²) in [7, 11) is -2.39. The molecule has 13 heteroatoms. The molecule has 0 unspecified atom stereocenters. The number of halogens is 1. The highest BCUT2D eigenvalue weighted by atomic mass is 35.5. The van der Waals surface area contributed by atoms with Crippen LogP contribution in [-0.2, 0) is 30.7 Å². The average molecular weight is 512 g/mol. The fraction of sp³-hybridized carbons (Fsp3) is 0.250. The van der Waals surface area contributed by atoms with E-state index >= 15 is 0 Å². The van der Waals surface area contributed by atoms with Crippen LogP contribution in [0.2, 0.25) is 5.02 Å². The van der Waals surface area contributed by atoms with Gasteiger partial charge in [-0.1, -0.05) is 22.9 Å². The maximum absolute atomic E-state index is 12.4. The Bertz CT molecular complexity index is 1390. The van der Waals surface area contributed by atoms with Crippen molar-refractivity contribution in [2.24, 2.45) is 4.99 Å². The lowest BCUT2D eigenvalue weighted by molar-refractivity contribution is -0.384. The highest BCUT2D eigenvalue weighted by molar-refractivity contribution is 7.91. The van der Waals surface area contributed by atoms with Crippen LogP contribution >= 0.6 is 22.9 Å². The minimum Gasteiger partial charge on any atom is -0.468 e. The van der Waals surface area contributed by atoms with E-state index in [2.05, 4.69) is 9.73 Å². The van der Waals surface area contributed by atoms with E-state index in [-0.39, 0.29) is 40.5 Å². The molecule has 33 heavy (non-hydrogen) atoms. The Morgan fingerprint density at radius 2 is 1.91 bits per heavy atom. The van der Waals surface area contributed by atoms with E-state index in [1.807, 2.05) is 0 Å². The van der Waals surface area contributed by atoms with Gasteiger partial charge < -0.3 is 9.30 Å². The molecule has 0 aliphatic heterocycles. The summed E-state index contributed by atoms with van der Waals surface area (Å²) in [4.78, 5) is 39.1. The largest absolute Gasteiger partial charge is 0.468 e. The third-order valence-corrected chi connectivity index (χ3v) is 7.72. The Morgan fingerprint density at radius 1 is 1.21 bits per heavy atom. The van der Waals surface area contributed by atoms with Crippen molar-refractivity contribution < 1.29 is 27.7 Å². The zero-order chi connectivity index (χ0) is 24.2. The second kappa shape index (κ2) is 10.2. The molecule has 2 aromatic carbocycles. The van der Waals surface area contributed by atoms with Gasteiger partial charge in [0, 0.05) is 23.6 Å². The van der Waals surface area contributed by atoms with E-state index in [1.165, 1.54) is 54.1 Å². The van der Waals surface area contributed by atoms with Gasteiger partial charge in [-0.15, -0.1) is 0 Å². The SMILES string of the molecule is COC(=O)Cn1c(=NC(=O)CCCS(=O)(=O)c2ccc(Cl)cc2)sc2ccc([N+](=O)[O-])cc21. The lowest BCUT2D eigenvalue weighted by atomic mass is 10.3. The maximum Gasteiger partial charge on any atom is 0.325 e. The van der Waals surface area contributed by atoms with Gasteiger partial charge in [0.15, 0.2) is 14.6 Å². The van der Waals surface area contributed by atoms with Crippen LogP contribution in [0.5, 0.6) is 0 Å². The predicted octanol–water partition coefficient (Wildman–Crippen LogP) is 3.12. The van der Waals surface area contributed by atoms with Gasteiger partial charge in [0.2, 0.25) is 5.91 Å². The van der Waals surface area contributed by atoms with Crippen molar-refractivity contribution >= 4 is 60.6 Å². The second-order valence-electron chi connectivity index (χ2n) is 6.84. The minimum atomic E-state index is -3.59. The highest BCUT2D eigenvalue weighted by Gasteiger charge is 2.17. The lowest BCUT2D eigenvalue weighted by Gasteiger charge is -2.04. The molecule has 1 aromatic heterocycles. The lowest BCUT2D eigenvalue weighted by Crippen LogP contribution is -2.22. The number of benzene rings is 2. The number of carbonyl (C=O) groups excluding carboxylic acids is 2. The van der Waals surface area contributed by atoms with Crippen molar-refractivity contribution in [3.8, 4) is 0 Å². The topological polar surface area (TPSA) is 138 Å². The van der Waals surface area contributed by atoms with Crippen LogP contribution in [0.25, 0.3) is 10.2 Å². The van der Waals surface area contributed by atoms with Gasteiger partial charge in [-0.25, -0.2) is 8.42 Å². The molecular formula is C20H18ClN3O7S2. The Hall–Kier alpha value is -3.09. The third kappa shape index (κ3) is 6.03. The van der Waals surface area contributed by atoms with Crippen LogP contribution in [0.4, 0.5) is 5.69 Å². The molecule has 1 amide bonds. The average Bonchev–Trinajstić information content (AvgIpc) is 3.09. The summed E-state index contributed by atoms with van der Waals surface area (Å²) in [6.45, 7) is -0.297. The Kier molecular flexibility index (Phi) is 7.61. The Balaban J connectivity index is 1.83. The molecule has 0 aliphatic rings. The fourth-order valence-corrected chi connectivity index (χ4v) is 5.40. The molecule has 1 heterocycles. The first-order valence-corrected chi connectivity index (χ1v) is 12.4. The van der Waals surface area contributed by atoms with Crippen LogP contribution in [0.15, 0.2) is 52.4 Å². The smallest absolute Gasteiger partial charge is 0.325 e. The molecule has 174 valence electrons. The summed E-state index contributed by atoms with van der Waals surface area (Å²) in [6.07, 6.45) is -0.0971. The number of esters is 1. The van der Waals surface area contributed by atoms with Gasteiger partial charge in [-0.2, -0.15) is 4.99 Å². The molecule has 0 radical (unpaired) electrons. The number of thiazole rings is 1. The molecule has 0 saturated heterocycles. The number of nitro benzene ring substituents is 1. The highest BCUT2D eigenvalue weighted by Crippen LogP contribution is 2.23. The molecule has 0 N–H and O–H groups in total. The van der Waals surface area contributed by atoms with Crippen molar-refractivity contribution in [2.75, 3.05) is 12.9 Å². The molecule has 0 aliphatic carbocycles. The molecule has 10 nitrogen and oxygen atoms in total. The van der Waals surface area contributed by atoms with Crippen LogP contribution in [-0.4, -0.2) is 42.6 Å². The minimum absolute atomic E-state index is 0.0423. The molecule has 3 rings (SSSR count). The number of non-ortho nitro benzene ring substituents is 1. The number of methoxy groups -OCH3 is 1. The fourth-order valence-electron chi connectivity index (χ4n) is 2.94. The summed E-state index contributed by atoms with van der Waals surface area (Å²) in [6, 6.07) is 9.85. The second-order valence-corrected chi connectivity index (χ2v) is 10.4. The van der Waals surface area contributed by atoms with Gasteiger partial charge in [0.05, 0.1) is 32.9 Å². The van der Waals surface area contributed by atoms with E-state index < -0.39 is 26.6 Å². The molecular weight excluding hydrogens is 494 g/mol. The number of ether oxygens (including phenoxy) is 1. The van der Waals surface area contributed by atoms with E-state index in [9.17, 15) is 28.1 Å². The van der Waals surface area contributed by atoms with E-state index in [1.54, 1.807) is 0 Å². The number of carbonyl (C=O) groups is 2. The summed E-state index contributed by atoms with van der Waals surface area (Å²) in [5, 5.41) is 11.5. The first kappa shape index (κ1) is 24.6. The number of sulfone groups is 1. The number of nitrogens with zero attached hydrogens (tertiary/aromatic N) is 3. The number of fused-ring (bicyclic) bond motifs is 1. The number of aromatic nitrogens is 1. The quantitative estimate of drug-likeness (QED) is 0.257. The molecule has 0 fully saturated rings. The van der Waals surface area contributed by atoms with Crippen molar-refractivity contribution in [3.63, 3.8) is 0 Å². The summed E-state index contributed by atoms with van der Waals surface area (Å²) in [5.41, 5.74) is 0.181. The first-order chi connectivity index (χ1) is 15.6. The van der Waals surface area contributed by atoms with Crippen molar-refractivity contribution in [1.29, 1.82) is 0 Å². The van der Waals surface area contributed by atoms with E-state index in [0.29, 0.717) is 15.2 Å². The zero-order valence-corrected chi connectivity index (χ0v) is 19.7. The zero-order valence-electron chi connectivity index (χ0n) is 17.3. The van der Waals surface area contributed by atoms with E-state index in [0.717, 1.165) is 11.3 Å². The molecule has 0 atom stereocenters. The van der Waals surface area contributed by atoms with Crippen molar-refractivity contribution in [2.45, 2.75) is 24.3 Å². The van der Waals surface area contributed by atoms with E-state index in [4.69, 9.17) is 11.6 Å². The van der Waals surface area contributed by atoms with Crippen molar-refractivity contribution in [1.82, 2.24) is 4.57 Å². The number of nitro groups is 1. The third-order valence-electron chi connectivity index (χ3n) is 4.59. The van der Waals surface area contributed by atoms with Crippen LogP contribution in [0, 0.1) is 10.1 Å².